The van der Waals surface area contributed by atoms with Crippen LogP contribution < -0.4 is 5.32 Å². The Labute approximate surface area is 115 Å². The van der Waals surface area contributed by atoms with E-state index in [1.807, 2.05) is 30.7 Å². The first kappa shape index (κ1) is 14.1. The largest absolute Gasteiger partial charge is 0.344 e. The first-order valence-electron chi connectivity index (χ1n) is 7.29. The Morgan fingerprint density at radius 2 is 2.11 bits per heavy atom. The van der Waals surface area contributed by atoms with Gasteiger partial charge in [-0.05, 0) is 51.4 Å². The zero-order valence-electron chi connectivity index (χ0n) is 12.3. The van der Waals surface area contributed by atoms with Gasteiger partial charge in [-0.1, -0.05) is 6.92 Å². The van der Waals surface area contributed by atoms with Crippen LogP contribution in [0.2, 0.25) is 0 Å². The van der Waals surface area contributed by atoms with Crippen molar-refractivity contribution in [3.05, 3.63) is 23.5 Å². The van der Waals surface area contributed by atoms with E-state index in [4.69, 9.17) is 0 Å². The molecule has 2 rings (SSSR count). The lowest BCUT2D eigenvalue weighted by molar-refractivity contribution is 0.0632. The lowest BCUT2D eigenvalue weighted by Gasteiger charge is -2.34. The molecular formula is C15H25N3O. The van der Waals surface area contributed by atoms with Crippen LogP contribution in [0.3, 0.4) is 0 Å². The Balaban J connectivity index is 2.18. The number of carbonyl (C=O) groups excluding carboxylic acids is 1. The van der Waals surface area contributed by atoms with E-state index in [1.165, 1.54) is 0 Å². The molecule has 0 radical (unpaired) electrons. The smallest absolute Gasteiger partial charge is 0.270 e. The summed E-state index contributed by atoms with van der Waals surface area (Å²) in [5.74, 6) is 0.185. The van der Waals surface area contributed by atoms with Crippen LogP contribution >= 0.6 is 0 Å². The van der Waals surface area contributed by atoms with Gasteiger partial charge >= 0.3 is 0 Å². The number of rotatable bonds is 4. The van der Waals surface area contributed by atoms with Gasteiger partial charge in [0.2, 0.25) is 0 Å². The van der Waals surface area contributed by atoms with E-state index in [2.05, 4.69) is 17.1 Å². The fraction of sp³-hybridized carbons (Fsp3) is 0.667. The summed E-state index contributed by atoms with van der Waals surface area (Å²) in [6.45, 7) is 7.06. The lowest BCUT2D eigenvalue weighted by atomic mass is 10.0. The van der Waals surface area contributed by atoms with Crippen molar-refractivity contribution in [1.82, 2.24) is 14.8 Å². The second kappa shape index (κ2) is 6.24. The third-order valence-corrected chi connectivity index (χ3v) is 4.07. The van der Waals surface area contributed by atoms with E-state index in [1.54, 1.807) is 0 Å². The number of aryl methyl sites for hydroxylation is 1. The van der Waals surface area contributed by atoms with Crippen LogP contribution in [0.25, 0.3) is 0 Å². The minimum absolute atomic E-state index is 0.185. The first-order chi connectivity index (χ1) is 9.15. The van der Waals surface area contributed by atoms with Gasteiger partial charge in [-0.15, -0.1) is 0 Å². The second-order valence-electron chi connectivity index (χ2n) is 5.40. The van der Waals surface area contributed by atoms with Crippen molar-refractivity contribution in [3.8, 4) is 0 Å². The third-order valence-electron chi connectivity index (χ3n) is 4.07. The standard InChI is InChI=1S/C15H25N3O/c1-4-11-18(13-7-9-16-10-8-13)15(19)14-6-5-12(2)17(14)3/h5-6,13,16H,4,7-11H2,1-3H3. The quantitative estimate of drug-likeness (QED) is 0.901. The van der Waals surface area contributed by atoms with E-state index >= 15 is 0 Å². The van der Waals surface area contributed by atoms with E-state index in [9.17, 15) is 4.79 Å². The number of carbonyl (C=O) groups is 1. The predicted octanol–water partition coefficient (Wildman–Crippen LogP) is 1.94. The highest BCUT2D eigenvalue weighted by Crippen LogP contribution is 2.17. The number of nitrogens with one attached hydrogen (secondary N) is 1. The summed E-state index contributed by atoms with van der Waals surface area (Å²) in [4.78, 5) is 14.8. The molecule has 1 fully saturated rings. The molecule has 1 aliphatic heterocycles. The van der Waals surface area contributed by atoms with E-state index in [0.29, 0.717) is 6.04 Å². The van der Waals surface area contributed by atoms with Crippen LogP contribution in [-0.2, 0) is 7.05 Å². The van der Waals surface area contributed by atoms with Gasteiger partial charge in [0.25, 0.3) is 5.91 Å². The highest BCUT2D eigenvalue weighted by molar-refractivity contribution is 5.93. The van der Waals surface area contributed by atoms with Crippen molar-refractivity contribution in [2.75, 3.05) is 19.6 Å². The molecule has 0 saturated carbocycles. The Kier molecular flexibility index (Phi) is 4.64. The maximum atomic E-state index is 12.8. The molecule has 1 saturated heterocycles. The van der Waals surface area contributed by atoms with E-state index < -0.39 is 0 Å². The molecule has 0 spiro atoms. The monoisotopic (exact) mass is 263 g/mol. The van der Waals surface area contributed by atoms with Gasteiger partial charge in [0.05, 0.1) is 0 Å². The Morgan fingerprint density at radius 1 is 1.42 bits per heavy atom. The molecule has 0 unspecified atom stereocenters. The summed E-state index contributed by atoms with van der Waals surface area (Å²) in [6, 6.07) is 4.35. The molecule has 4 heteroatoms. The maximum absolute atomic E-state index is 12.8. The van der Waals surface area contributed by atoms with Crippen LogP contribution in [0.1, 0.15) is 42.4 Å². The van der Waals surface area contributed by atoms with Crippen LogP contribution in [0, 0.1) is 6.92 Å². The molecule has 1 N–H and O–H groups in total. The summed E-state index contributed by atoms with van der Waals surface area (Å²) in [6.07, 6.45) is 3.14. The minimum Gasteiger partial charge on any atom is -0.344 e. The zero-order valence-corrected chi connectivity index (χ0v) is 12.3. The van der Waals surface area contributed by atoms with Gasteiger partial charge in [-0.3, -0.25) is 4.79 Å². The fourth-order valence-corrected chi connectivity index (χ4v) is 2.78. The molecule has 19 heavy (non-hydrogen) atoms. The van der Waals surface area contributed by atoms with Gasteiger partial charge in [0.15, 0.2) is 0 Å². The SMILES string of the molecule is CCCN(C(=O)c1ccc(C)n1C)C1CCNCC1. The molecule has 0 atom stereocenters. The summed E-state index contributed by atoms with van der Waals surface area (Å²) >= 11 is 0. The zero-order chi connectivity index (χ0) is 13.8. The summed E-state index contributed by atoms with van der Waals surface area (Å²) < 4.78 is 1.99. The van der Waals surface area contributed by atoms with Gasteiger partial charge in [0, 0.05) is 25.3 Å². The van der Waals surface area contributed by atoms with Crippen molar-refractivity contribution >= 4 is 5.91 Å². The topological polar surface area (TPSA) is 37.3 Å². The van der Waals surface area contributed by atoms with Gasteiger partial charge in [-0.25, -0.2) is 0 Å². The lowest BCUT2D eigenvalue weighted by Crippen LogP contribution is -2.46. The number of piperidine rings is 1. The molecule has 2 heterocycles. The summed E-state index contributed by atoms with van der Waals surface area (Å²) in [5, 5.41) is 3.36. The molecule has 1 aromatic heterocycles. The van der Waals surface area contributed by atoms with Crippen LogP contribution in [-0.4, -0.2) is 41.1 Å². The summed E-state index contributed by atoms with van der Waals surface area (Å²) in [5.41, 5.74) is 1.94. The third kappa shape index (κ3) is 3.00. The number of nitrogens with zero attached hydrogens (tertiary/aromatic N) is 2. The van der Waals surface area contributed by atoms with Crippen LogP contribution in [0.15, 0.2) is 12.1 Å². The molecule has 4 nitrogen and oxygen atoms in total. The van der Waals surface area contributed by atoms with Gasteiger partial charge < -0.3 is 14.8 Å². The highest BCUT2D eigenvalue weighted by Gasteiger charge is 2.26. The number of hydrogen-bond acceptors (Lipinski definition) is 2. The van der Waals surface area contributed by atoms with Crippen molar-refractivity contribution in [2.45, 2.75) is 39.2 Å². The molecule has 1 aromatic rings. The van der Waals surface area contributed by atoms with Crippen molar-refractivity contribution in [2.24, 2.45) is 7.05 Å². The number of amides is 1. The predicted molar refractivity (Wildman–Crippen MR) is 77.4 cm³/mol. The minimum atomic E-state index is 0.185. The van der Waals surface area contributed by atoms with Crippen LogP contribution in [0.4, 0.5) is 0 Å². The molecule has 0 aliphatic carbocycles. The normalized spacial score (nSPS) is 16.6. The van der Waals surface area contributed by atoms with Crippen molar-refractivity contribution < 1.29 is 4.79 Å². The van der Waals surface area contributed by atoms with Crippen LogP contribution in [0.5, 0.6) is 0 Å². The van der Waals surface area contributed by atoms with E-state index in [0.717, 1.165) is 50.3 Å². The van der Waals surface area contributed by atoms with Gasteiger partial charge in [0.1, 0.15) is 5.69 Å². The Morgan fingerprint density at radius 3 is 2.63 bits per heavy atom. The second-order valence-corrected chi connectivity index (χ2v) is 5.40. The van der Waals surface area contributed by atoms with Crippen molar-refractivity contribution in [3.63, 3.8) is 0 Å². The fourth-order valence-electron chi connectivity index (χ4n) is 2.78. The molecular weight excluding hydrogens is 238 g/mol. The molecule has 1 amide bonds. The first-order valence-corrected chi connectivity index (χ1v) is 7.29. The average Bonchev–Trinajstić information content (AvgIpc) is 2.77. The maximum Gasteiger partial charge on any atom is 0.270 e. The van der Waals surface area contributed by atoms with Gasteiger partial charge in [-0.2, -0.15) is 0 Å². The number of aromatic nitrogens is 1. The molecule has 1 aliphatic rings. The Hall–Kier alpha value is -1.29. The summed E-state index contributed by atoms with van der Waals surface area (Å²) in [7, 11) is 1.97. The highest BCUT2D eigenvalue weighted by atomic mass is 16.2. The molecule has 0 aromatic carbocycles. The average molecular weight is 263 g/mol. The molecule has 0 bridgehead atoms. The van der Waals surface area contributed by atoms with E-state index in [-0.39, 0.29) is 5.91 Å². The molecule has 106 valence electrons. The van der Waals surface area contributed by atoms with Crippen molar-refractivity contribution in [1.29, 1.82) is 0 Å². The number of hydrogen-bond donors (Lipinski definition) is 1. The Bertz CT molecular complexity index is 433.